The molecule has 2 aliphatic rings. The molecule has 0 spiro atoms. The van der Waals surface area contributed by atoms with E-state index in [-0.39, 0.29) is 23.7 Å². The van der Waals surface area contributed by atoms with Gasteiger partial charge in [-0.25, -0.2) is 0 Å². The Hall–Kier alpha value is -3.40. The fourth-order valence-corrected chi connectivity index (χ4v) is 4.85. The monoisotopic (exact) mass is 411 g/mol. The van der Waals surface area contributed by atoms with Crippen LogP contribution >= 0.6 is 0 Å². The van der Waals surface area contributed by atoms with Gasteiger partial charge >= 0.3 is 0 Å². The number of para-hydroxylation sites is 1. The Bertz CT molecular complexity index is 1110. The molecule has 1 aliphatic carbocycles. The number of imide groups is 1. The molecule has 1 aliphatic heterocycles. The molecule has 31 heavy (non-hydrogen) atoms. The molecule has 3 aromatic rings. The van der Waals surface area contributed by atoms with Crippen LogP contribution in [0.5, 0.6) is 11.5 Å². The number of rotatable bonds is 4. The van der Waals surface area contributed by atoms with Gasteiger partial charge in [0, 0.05) is 5.56 Å². The zero-order chi connectivity index (χ0) is 21.4. The molecule has 2 fully saturated rings. The van der Waals surface area contributed by atoms with Crippen LogP contribution in [-0.4, -0.2) is 11.8 Å². The molecule has 2 amide bonds. The van der Waals surface area contributed by atoms with Gasteiger partial charge in [0.25, 0.3) is 0 Å². The summed E-state index contributed by atoms with van der Waals surface area (Å²) in [5, 5.41) is 0. The van der Waals surface area contributed by atoms with Gasteiger partial charge in [-0.1, -0.05) is 55.5 Å². The minimum atomic E-state index is -0.162. The average Bonchev–Trinajstić information content (AvgIpc) is 3.05. The summed E-state index contributed by atoms with van der Waals surface area (Å²) in [6, 6.07) is 25.3. The van der Waals surface area contributed by atoms with Crippen molar-refractivity contribution in [1.29, 1.82) is 0 Å². The maximum Gasteiger partial charge on any atom is 0.237 e. The van der Waals surface area contributed by atoms with Crippen LogP contribution in [0.4, 0.5) is 5.69 Å². The van der Waals surface area contributed by atoms with Crippen LogP contribution in [0.3, 0.4) is 0 Å². The van der Waals surface area contributed by atoms with Crippen LogP contribution in [-0.2, 0) is 9.59 Å². The summed E-state index contributed by atoms with van der Waals surface area (Å²) >= 11 is 0. The number of benzene rings is 3. The van der Waals surface area contributed by atoms with Gasteiger partial charge in [0.15, 0.2) is 0 Å². The largest absolute Gasteiger partial charge is 0.457 e. The number of anilines is 1. The van der Waals surface area contributed by atoms with Crippen molar-refractivity contribution in [1.82, 2.24) is 0 Å². The summed E-state index contributed by atoms with van der Waals surface area (Å²) in [6.45, 7) is 2.16. The first-order valence-corrected chi connectivity index (χ1v) is 10.9. The van der Waals surface area contributed by atoms with Crippen molar-refractivity contribution in [2.45, 2.75) is 26.2 Å². The van der Waals surface area contributed by atoms with Crippen LogP contribution in [0, 0.1) is 17.8 Å². The summed E-state index contributed by atoms with van der Waals surface area (Å²) in [5.41, 5.74) is 2.72. The topological polar surface area (TPSA) is 46.6 Å². The van der Waals surface area contributed by atoms with E-state index in [9.17, 15) is 9.59 Å². The van der Waals surface area contributed by atoms with Gasteiger partial charge in [-0.15, -0.1) is 0 Å². The molecule has 5 rings (SSSR count). The molecule has 1 heterocycles. The third-order valence-electron chi connectivity index (χ3n) is 6.48. The minimum Gasteiger partial charge on any atom is -0.457 e. The van der Waals surface area contributed by atoms with E-state index in [1.165, 1.54) is 4.90 Å². The number of fused-ring (bicyclic) bond motifs is 1. The van der Waals surface area contributed by atoms with Gasteiger partial charge in [-0.05, 0) is 61.1 Å². The minimum absolute atomic E-state index is 0.0509. The number of carbonyl (C=O) groups excluding carboxylic acids is 2. The molecule has 1 saturated heterocycles. The number of hydrogen-bond acceptors (Lipinski definition) is 3. The van der Waals surface area contributed by atoms with Crippen molar-refractivity contribution in [3.8, 4) is 22.6 Å². The van der Waals surface area contributed by atoms with Gasteiger partial charge in [-0.2, -0.15) is 0 Å². The van der Waals surface area contributed by atoms with Crippen LogP contribution in [0.1, 0.15) is 26.2 Å². The molecular formula is C27H25NO3. The normalized spacial score (nSPS) is 23.0. The lowest BCUT2D eigenvalue weighted by Gasteiger charge is -2.25. The molecule has 0 radical (unpaired) electrons. The van der Waals surface area contributed by atoms with Gasteiger partial charge in [0.2, 0.25) is 11.8 Å². The van der Waals surface area contributed by atoms with E-state index in [1.807, 2.05) is 54.6 Å². The van der Waals surface area contributed by atoms with Crippen molar-refractivity contribution < 1.29 is 14.3 Å². The molecule has 3 aromatic carbocycles. The van der Waals surface area contributed by atoms with E-state index in [2.05, 4.69) is 19.1 Å². The Morgan fingerprint density at radius 1 is 0.774 bits per heavy atom. The molecule has 0 N–H and O–H groups in total. The number of carbonyl (C=O) groups is 2. The van der Waals surface area contributed by atoms with E-state index in [0.717, 1.165) is 36.1 Å². The van der Waals surface area contributed by atoms with Crippen LogP contribution < -0.4 is 9.64 Å². The second-order valence-corrected chi connectivity index (χ2v) is 8.60. The maximum absolute atomic E-state index is 12.9. The fourth-order valence-electron chi connectivity index (χ4n) is 4.85. The van der Waals surface area contributed by atoms with Crippen LogP contribution in [0.2, 0.25) is 0 Å². The third kappa shape index (κ3) is 3.63. The van der Waals surface area contributed by atoms with Gasteiger partial charge in [-0.3, -0.25) is 14.5 Å². The third-order valence-corrected chi connectivity index (χ3v) is 6.48. The number of amides is 2. The van der Waals surface area contributed by atoms with E-state index in [0.29, 0.717) is 17.4 Å². The second kappa shape index (κ2) is 8.03. The lowest BCUT2D eigenvalue weighted by atomic mass is 9.76. The fraction of sp³-hybridized carbons (Fsp3) is 0.259. The van der Waals surface area contributed by atoms with E-state index < -0.39 is 0 Å². The second-order valence-electron chi connectivity index (χ2n) is 8.60. The molecule has 156 valence electrons. The van der Waals surface area contributed by atoms with Crippen molar-refractivity contribution in [3.63, 3.8) is 0 Å². The zero-order valence-electron chi connectivity index (χ0n) is 17.5. The summed E-state index contributed by atoms with van der Waals surface area (Å²) in [5.74, 6) is 1.50. The van der Waals surface area contributed by atoms with E-state index in [1.54, 1.807) is 12.1 Å². The van der Waals surface area contributed by atoms with Crippen molar-refractivity contribution in [2.75, 3.05) is 4.90 Å². The first kappa shape index (κ1) is 19.6. The van der Waals surface area contributed by atoms with Crippen LogP contribution in [0.15, 0.2) is 78.9 Å². The molecule has 4 heteroatoms. The van der Waals surface area contributed by atoms with Gasteiger partial charge in [0.05, 0.1) is 17.5 Å². The summed E-state index contributed by atoms with van der Waals surface area (Å²) in [6.07, 6.45) is 2.63. The van der Waals surface area contributed by atoms with E-state index in [4.69, 9.17) is 4.74 Å². The Morgan fingerprint density at radius 3 is 2.23 bits per heavy atom. The number of ether oxygens (including phenoxy) is 1. The van der Waals surface area contributed by atoms with Gasteiger partial charge < -0.3 is 4.74 Å². The van der Waals surface area contributed by atoms with Crippen molar-refractivity contribution >= 4 is 17.5 Å². The Kier molecular flexibility index (Phi) is 5.06. The lowest BCUT2D eigenvalue weighted by molar-refractivity contribution is -0.122. The molecule has 3 atom stereocenters. The molecule has 1 saturated carbocycles. The van der Waals surface area contributed by atoms with Crippen molar-refractivity contribution in [2.24, 2.45) is 17.8 Å². The highest BCUT2D eigenvalue weighted by atomic mass is 16.5. The summed E-state index contributed by atoms with van der Waals surface area (Å²) < 4.78 is 6.16. The quantitative estimate of drug-likeness (QED) is 0.490. The summed E-state index contributed by atoms with van der Waals surface area (Å²) in [4.78, 5) is 27.2. The van der Waals surface area contributed by atoms with Crippen LogP contribution in [0.25, 0.3) is 11.1 Å². The van der Waals surface area contributed by atoms with E-state index >= 15 is 0 Å². The van der Waals surface area contributed by atoms with Crippen molar-refractivity contribution in [3.05, 3.63) is 78.9 Å². The Labute approximate surface area is 182 Å². The SMILES string of the molecule is CC1CCC2C(=O)N(c3ccc(Oc4ccccc4-c4ccccc4)cc3)C(=O)C2C1. The first-order chi connectivity index (χ1) is 15.1. The van der Waals surface area contributed by atoms with Gasteiger partial charge in [0.1, 0.15) is 11.5 Å². The predicted octanol–water partition coefficient (Wildman–Crippen LogP) is 6.07. The highest BCUT2D eigenvalue weighted by Gasteiger charge is 2.49. The maximum atomic E-state index is 12.9. The Morgan fingerprint density at radius 2 is 1.45 bits per heavy atom. The molecule has 0 aromatic heterocycles. The number of nitrogens with zero attached hydrogens (tertiary/aromatic N) is 1. The lowest BCUT2D eigenvalue weighted by Crippen LogP contribution is -2.30. The molecular weight excluding hydrogens is 386 g/mol. The standard InChI is InChI=1S/C27H25NO3/c1-18-11-16-23-24(17-18)27(30)28(26(23)29)20-12-14-21(15-13-20)31-25-10-6-5-9-22(25)19-7-3-2-4-8-19/h2-10,12-15,18,23-24H,11,16-17H2,1H3. The zero-order valence-corrected chi connectivity index (χ0v) is 17.5. The predicted molar refractivity (Wildman–Crippen MR) is 121 cm³/mol. The first-order valence-electron chi connectivity index (χ1n) is 10.9. The highest BCUT2D eigenvalue weighted by molar-refractivity contribution is 6.22. The highest BCUT2D eigenvalue weighted by Crippen LogP contribution is 2.42. The molecule has 3 unspecified atom stereocenters. The Balaban J connectivity index is 1.37. The number of hydrogen-bond donors (Lipinski definition) is 0. The molecule has 4 nitrogen and oxygen atoms in total. The molecule has 0 bridgehead atoms. The average molecular weight is 412 g/mol. The smallest absolute Gasteiger partial charge is 0.237 e. The summed E-state index contributed by atoms with van der Waals surface area (Å²) in [7, 11) is 0.